The molecule has 2 aromatic rings. The first-order chi connectivity index (χ1) is 17.8. The van der Waals surface area contributed by atoms with Gasteiger partial charge in [0, 0.05) is 0 Å². The number of ether oxygens (including phenoxy) is 2. The van der Waals surface area contributed by atoms with Gasteiger partial charge in [-0.3, -0.25) is 0 Å². The maximum absolute atomic E-state index is 6.34. The van der Waals surface area contributed by atoms with E-state index in [0.29, 0.717) is 12.2 Å². The molecule has 37 heavy (non-hydrogen) atoms. The van der Waals surface area contributed by atoms with Crippen molar-refractivity contribution in [3.63, 3.8) is 0 Å². The van der Waals surface area contributed by atoms with Crippen molar-refractivity contribution in [1.29, 1.82) is 0 Å². The Hall–Kier alpha value is -0.876. The summed E-state index contributed by atoms with van der Waals surface area (Å²) in [4.78, 5) is 0. The molecule has 2 fully saturated rings. The van der Waals surface area contributed by atoms with Gasteiger partial charge in [-0.05, 0) is 0 Å². The second kappa shape index (κ2) is 14.0. The second-order valence-electron chi connectivity index (χ2n) is 11.4. The zero-order chi connectivity index (χ0) is 26.1. The molecule has 7 heteroatoms. The molecule has 0 aliphatic carbocycles. The Morgan fingerprint density at radius 3 is 1.49 bits per heavy atom. The Kier molecular flexibility index (Phi) is 11.0. The summed E-state index contributed by atoms with van der Waals surface area (Å²) >= 11 is -0.205. The van der Waals surface area contributed by atoms with Gasteiger partial charge >= 0.3 is 238 Å². The average molecular weight is 654 g/mol. The van der Waals surface area contributed by atoms with Gasteiger partial charge in [-0.1, -0.05) is 0 Å². The Labute approximate surface area is 237 Å². The van der Waals surface area contributed by atoms with Gasteiger partial charge in [0.2, 0.25) is 0 Å². The van der Waals surface area contributed by atoms with Crippen molar-refractivity contribution < 1.29 is 39.5 Å². The SMILES string of the molecule is CC1CCC[Si](C)(CCCOc2ccc([I-]c3ccc(OCCC[Si]4(C)CCCC(C)O4)cc3)cc2)O1. The van der Waals surface area contributed by atoms with E-state index in [2.05, 4.69) is 75.5 Å². The summed E-state index contributed by atoms with van der Waals surface area (Å²) in [6.45, 7) is 10.8. The third kappa shape index (κ3) is 9.67. The zero-order valence-electron chi connectivity index (χ0n) is 23.3. The normalized spacial score (nSPS) is 28.2. The van der Waals surface area contributed by atoms with Crippen LogP contribution in [0.15, 0.2) is 48.5 Å². The Morgan fingerprint density at radius 1 is 0.703 bits per heavy atom. The maximum atomic E-state index is 6.34. The first-order valence-electron chi connectivity index (χ1n) is 14.3. The summed E-state index contributed by atoms with van der Waals surface area (Å²) in [5.41, 5.74) is 0. The van der Waals surface area contributed by atoms with E-state index >= 15 is 0 Å². The molecule has 0 bridgehead atoms. The number of benzene rings is 2. The van der Waals surface area contributed by atoms with E-state index in [4.69, 9.17) is 18.3 Å². The number of rotatable bonds is 12. The molecule has 2 saturated heterocycles. The third-order valence-corrected chi connectivity index (χ3v) is 18.0. The van der Waals surface area contributed by atoms with Crippen LogP contribution in [0.3, 0.4) is 0 Å². The second-order valence-corrected chi connectivity index (χ2v) is 22.7. The summed E-state index contributed by atoms with van der Waals surface area (Å²) in [5.74, 6) is 1.96. The molecule has 2 heterocycles. The van der Waals surface area contributed by atoms with Crippen LogP contribution in [0.2, 0.25) is 37.3 Å². The van der Waals surface area contributed by atoms with E-state index in [1.807, 2.05) is 0 Å². The van der Waals surface area contributed by atoms with Gasteiger partial charge in [-0.2, -0.15) is 0 Å². The fourth-order valence-corrected chi connectivity index (χ4v) is 14.7. The van der Waals surface area contributed by atoms with Crippen LogP contribution >= 0.6 is 0 Å². The van der Waals surface area contributed by atoms with Gasteiger partial charge in [-0.15, -0.1) is 0 Å². The van der Waals surface area contributed by atoms with Gasteiger partial charge in [-0.25, -0.2) is 0 Å². The Balaban J connectivity index is 1.13. The number of hydrogen-bond donors (Lipinski definition) is 0. The van der Waals surface area contributed by atoms with E-state index in [9.17, 15) is 0 Å². The summed E-state index contributed by atoms with van der Waals surface area (Å²) in [6, 6.07) is 22.5. The molecule has 4 atom stereocenters. The van der Waals surface area contributed by atoms with Crippen molar-refractivity contribution in [2.45, 2.75) is 102 Å². The molecule has 0 amide bonds. The molecule has 0 aromatic heterocycles. The number of halogens is 1. The first kappa shape index (κ1) is 29.1. The van der Waals surface area contributed by atoms with Crippen LogP contribution in [-0.4, -0.2) is 42.1 Å². The van der Waals surface area contributed by atoms with Crippen LogP contribution in [-0.2, 0) is 8.85 Å². The minimum absolute atomic E-state index is 0.205. The standard InChI is InChI=1S/C30H46IO4Si2/c1-25-9-5-21-36(3,34-25)23-7-19-32-29-15-11-27(12-16-29)31-28-13-17-30(18-14-28)33-20-8-24-37(4)22-6-10-26(2)35-37/h11-18,25-26H,5-10,19-24H2,1-4H3/q-1. The predicted octanol–water partition coefficient (Wildman–Crippen LogP) is 4.90. The van der Waals surface area contributed by atoms with Gasteiger partial charge in [0.1, 0.15) is 0 Å². The number of hydrogen-bond acceptors (Lipinski definition) is 4. The molecule has 0 saturated carbocycles. The summed E-state index contributed by atoms with van der Waals surface area (Å²) in [5, 5.41) is 0. The van der Waals surface area contributed by atoms with E-state index in [1.54, 1.807) is 0 Å². The van der Waals surface area contributed by atoms with Crippen molar-refractivity contribution >= 4 is 16.6 Å². The molecule has 4 rings (SSSR count). The Morgan fingerprint density at radius 2 is 1.11 bits per heavy atom. The van der Waals surface area contributed by atoms with E-state index in [-0.39, 0.29) is 21.2 Å². The molecular formula is C30H46IO4Si2-. The van der Waals surface area contributed by atoms with Crippen LogP contribution < -0.4 is 30.7 Å². The molecule has 2 aromatic carbocycles. The molecule has 0 spiro atoms. The van der Waals surface area contributed by atoms with Crippen LogP contribution in [0.5, 0.6) is 11.5 Å². The van der Waals surface area contributed by atoms with Gasteiger partial charge in [0.25, 0.3) is 0 Å². The molecule has 0 radical (unpaired) electrons. The Bertz CT molecular complexity index is 880. The van der Waals surface area contributed by atoms with Crippen LogP contribution in [0.25, 0.3) is 0 Å². The van der Waals surface area contributed by atoms with Crippen LogP contribution in [0.1, 0.15) is 52.4 Å². The summed E-state index contributed by atoms with van der Waals surface area (Å²) in [7, 11) is -3.01. The fourth-order valence-electron chi connectivity index (χ4n) is 5.69. The third-order valence-electron chi connectivity index (χ3n) is 7.69. The van der Waals surface area contributed by atoms with E-state index < -0.39 is 16.6 Å². The molecule has 0 N–H and O–H groups in total. The summed E-state index contributed by atoms with van der Waals surface area (Å²) < 4.78 is 27.6. The van der Waals surface area contributed by atoms with E-state index in [0.717, 1.165) is 37.6 Å². The predicted molar refractivity (Wildman–Crippen MR) is 153 cm³/mol. The van der Waals surface area contributed by atoms with Crippen molar-refractivity contribution in [3.8, 4) is 11.5 Å². The van der Waals surface area contributed by atoms with Crippen molar-refractivity contribution in [3.05, 3.63) is 55.7 Å². The molecule has 2 aliphatic rings. The van der Waals surface area contributed by atoms with Crippen molar-refractivity contribution in [2.75, 3.05) is 13.2 Å². The van der Waals surface area contributed by atoms with Crippen molar-refractivity contribution in [2.24, 2.45) is 0 Å². The van der Waals surface area contributed by atoms with Gasteiger partial charge in [0.05, 0.1) is 0 Å². The van der Waals surface area contributed by atoms with Gasteiger partial charge < -0.3 is 0 Å². The first-order valence-corrected chi connectivity index (χ1v) is 22.1. The monoisotopic (exact) mass is 653 g/mol. The molecular weight excluding hydrogens is 607 g/mol. The van der Waals surface area contributed by atoms with Crippen LogP contribution in [0.4, 0.5) is 0 Å². The summed E-state index contributed by atoms with van der Waals surface area (Å²) in [6.07, 6.45) is 8.20. The van der Waals surface area contributed by atoms with Gasteiger partial charge in [0.15, 0.2) is 0 Å². The molecule has 2 aliphatic heterocycles. The van der Waals surface area contributed by atoms with E-state index in [1.165, 1.54) is 57.0 Å². The van der Waals surface area contributed by atoms with Crippen LogP contribution in [0, 0.1) is 7.14 Å². The molecule has 206 valence electrons. The minimum atomic E-state index is -1.50. The fraction of sp³-hybridized carbons (Fsp3) is 0.600. The van der Waals surface area contributed by atoms with Crippen molar-refractivity contribution in [1.82, 2.24) is 0 Å². The molecule has 4 unspecified atom stereocenters. The average Bonchev–Trinajstić information content (AvgIpc) is 2.86. The zero-order valence-corrected chi connectivity index (χ0v) is 27.4. The molecule has 4 nitrogen and oxygen atoms in total. The topological polar surface area (TPSA) is 36.9 Å². The quantitative estimate of drug-likeness (QED) is 0.186.